The van der Waals surface area contributed by atoms with Crippen LogP contribution in [0.3, 0.4) is 0 Å². The number of aromatic amines is 1. The van der Waals surface area contributed by atoms with E-state index in [0.29, 0.717) is 21.3 Å². The van der Waals surface area contributed by atoms with Crippen LogP contribution in [0.2, 0.25) is 5.02 Å². The highest BCUT2D eigenvalue weighted by Gasteiger charge is 2.16. The van der Waals surface area contributed by atoms with E-state index in [0.717, 1.165) is 11.8 Å². The number of H-pyrrole nitrogens is 1. The Labute approximate surface area is 177 Å². The molecule has 2 aromatic carbocycles. The Balaban J connectivity index is 1.58. The first-order valence-electron chi connectivity index (χ1n) is 8.44. The van der Waals surface area contributed by atoms with Gasteiger partial charge in [-0.15, -0.1) is 10.2 Å². The van der Waals surface area contributed by atoms with Crippen LogP contribution in [0.1, 0.15) is 10.4 Å². The van der Waals surface area contributed by atoms with E-state index < -0.39 is 10.5 Å². The monoisotopic (exact) mass is 442 g/mol. The summed E-state index contributed by atoms with van der Waals surface area (Å²) in [5.74, 6) is -0.0904. The maximum atomic E-state index is 12.4. The fourth-order valence-corrected chi connectivity index (χ4v) is 3.51. The van der Waals surface area contributed by atoms with E-state index in [1.807, 2.05) is 0 Å². The standard InChI is InChI=1S/C18H11ClN6O4S/c19-12-5-1-11(2-6-12)15-16(27)20-17-21-22-18(24(17)23-15)30-9-14(26)10-3-7-13(8-4-10)25(28)29/h1-8H,9H2,(H,20,21,27). The number of nitrogens with zero attached hydrogens (tertiary/aromatic N) is 5. The smallest absolute Gasteiger partial charge is 0.279 e. The predicted molar refractivity (Wildman–Crippen MR) is 110 cm³/mol. The highest BCUT2D eigenvalue weighted by Crippen LogP contribution is 2.20. The Morgan fingerprint density at radius 1 is 1.13 bits per heavy atom. The minimum atomic E-state index is -0.532. The van der Waals surface area contributed by atoms with Crippen LogP contribution >= 0.6 is 23.4 Å². The van der Waals surface area contributed by atoms with Crippen molar-refractivity contribution in [3.63, 3.8) is 0 Å². The van der Waals surface area contributed by atoms with E-state index in [1.54, 1.807) is 24.3 Å². The summed E-state index contributed by atoms with van der Waals surface area (Å²) < 4.78 is 1.35. The van der Waals surface area contributed by atoms with E-state index >= 15 is 0 Å². The average molecular weight is 443 g/mol. The Kier molecular flexibility index (Phi) is 5.29. The second-order valence-electron chi connectivity index (χ2n) is 6.04. The molecule has 2 heterocycles. The summed E-state index contributed by atoms with van der Waals surface area (Å²) in [6.45, 7) is 0. The molecule has 0 saturated heterocycles. The third kappa shape index (κ3) is 3.93. The molecule has 0 amide bonds. The SMILES string of the molecule is O=C(CSc1nnc2[nH]c(=O)c(-c3ccc(Cl)cc3)nn12)c1ccc([N+](=O)[O-])cc1. The van der Waals surface area contributed by atoms with Gasteiger partial charge in [0, 0.05) is 28.3 Å². The summed E-state index contributed by atoms with van der Waals surface area (Å²) in [7, 11) is 0. The number of carbonyl (C=O) groups is 1. The molecule has 0 aliphatic carbocycles. The number of benzene rings is 2. The number of carbonyl (C=O) groups excluding carboxylic acids is 1. The zero-order valence-electron chi connectivity index (χ0n) is 15.0. The molecule has 0 radical (unpaired) electrons. The van der Waals surface area contributed by atoms with Gasteiger partial charge in [-0.25, -0.2) is 0 Å². The van der Waals surface area contributed by atoms with Crippen LogP contribution in [0.15, 0.2) is 58.5 Å². The van der Waals surface area contributed by atoms with Gasteiger partial charge >= 0.3 is 0 Å². The molecular weight excluding hydrogens is 432 g/mol. The van der Waals surface area contributed by atoms with Crippen LogP contribution in [-0.4, -0.2) is 41.3 Å². The first-order valence-corrected chi connectivity index (χ1v) is 9.81. The van der Waals surface area contributed by atoms with Crippen LogP contribution in [0, 0.1) is 10.1 Å². The van der Waals surface area contributed by atoms with Crippen molar-refractivity contribution in [3.8, 4) is 11.3 Å². The minimum Gasteiger partial charge on any atom is -0.293 e. The number of aromatic nitrogens is 5. The van der Waals surface area contributed by atoms with Crippen molar-refractivity contribution in [1.29, 1.82) is 0 Å². The number of rotatable bonds is 6. The van der Waals surface area contributed by atoms with Crippen LogP contribution in [0.25, 0.3) is 17.0 Å². The van der Waals surface area contributed by atoms with Crippen molar-refractivity contribution >= 4 is 40.6 Å². The lowest BCUT2D eigenvalue weighted by molar-refractivity contribution is -0.384. The number of ketones is 1. The molecule has 30 heavy (non-hydrogen) atoms. The summed E-state index contributed by atoms with van der Waals surface area (Å²) in [6, 6.07) is 12.0. The number of Topliss-reactive ketones (excluding diaryl/α,β-unsaturated/α-hetero) is 1. The molecule has 4 rings (SSSR count). The Morgan fingerprint density at radius 3 is 2.50 bits per heavy atom. The summed E-state index contributed by atoms with van der Waals surface area (Å²) in [4.78, 5) is 37.5. The summed E-state index contributed by atoms with van der Waals surface area (Å²) >= 11 is 6.97. The molecule has 0 saturated carbocycles. The summed E-state index contributed by atoms with van der Waals surface area (Å²) in [6.07, 6.45) is 0. The molecule has 4 aromatic rings. The second kappa shape index (κ2) is 8.05. The first kappa shape index (κ1) is 19.7. The number of thioether (sulfide) groups is 1. The molecule has 0 aliphatic rings. The highest BCUT2D eigenvalue weighted by molar-refractivity contribution is 7.99. The van der Waals surface area contributed by atoms with Gasteiger partial charge in [0.25, 0.3) is 17.0 Å². The van der Waals surface area contributed by atoms with Crippen molar-refractivity contribution in [3.05, 3.63) is 79.6 Å². The fourth-order valence-electron chi connectivity index (χ4n) is 2.61. The van der Waals surface area contributed by atoms with Gasteiger partial charge < -0.3 is 0 Å². The second-order valence-corrected chi connectivity index (χ2v) is 7.42. The number of hydrogen-bond donors (Lipinski definition) is 1. The van der Waals surface area contributed by atoms with E-state index in [-0.39, 0.29) is 28.7 Å². The normalized spacial score (nSPS) is 11.0. The fraction of sp³-hybridized carbons (Fsp3) is 0.0556. The molecule has 2 aromatic heterocycles. The third-order valence-electron chi connectivity index (χ3n) is 4.10. The van der Waals surface area contributed by atoms with Crippen molar-refractivity contribution in [2.75, 3.05) is 5.75 Å². The lowest BCUT2D eigenvalue weighted by Gasteiger charge is -2.03. The lowest BCUT2D eigenvalue weighted by Crippen LogP contribution is -2.15. The minimum absolute atomic E-state index is 0.00961. The van der Waals surface area contributed by atoms with Gasteiger partial charge in [-0.2, -0.15) is 9.61 Å². The Morgan fingerprint density at radius 2 is 1.83 bits per heavy atom. The number of nitro groups is 1. The van der Waals surface area contributed by atoms with Gasteiger partial charge in [0.1, 0.15) is 0 Å². The molecule has 0 unspecified atom stereocenters. The molecule has 0 spiro atoms. The molecule has 10 nitrogen and oxygen atoms in total. The van der Waals surface area contributed by atoms with Crippen molar-refractivity contribution in [1.82, 2.24) is 24.8 Å². The molecular formula is C18H11ClN6O4S. The average Bonchev–Trinajstić information content (AvgIpc) is 3.13. The van der Waals surface area contributed by atoms with Crippen LogP contribution in [0.5, 0.6) is 0 Å². The van der Waals surface area contributed by atoms with E-state index in [9.17, 15) is 19.7 Å². The highest BCUT2D eigenvalue weighted by atomic mass is 35.5. The number of nitrogens with one attached hydrogen (secondary N) is 1. The maximum Gasteiger partial charge on any atom is 0.279 e. The van der Waals surface area contributed by atoms with Gasteiger partial charge in [0.05, 0.1) is 10.7 Å². The van der Waals surface area contributed by atoms with Crippen molar-refractivity contribution in [2.45, 2.75) is 5.16 Å². The van der Waals surface area contributed by atoms with Crippen molar-refractivity contribution < 1.29 is 9.72 Å². The molecule has 0 aliphatic heterocycles. The number of fused-ring (bicyclic) bond motifs is 1. The van der Waals surface area contributed by atoms with Crippen LogP contribution < -0.4 is 5.56 Å². The molecule has 150 valence electrons. The Bertz CT molecular complexity index is 1320. The summed E-state index contributed by atoms with van der Waals surface area (Å²) in [5, 5.41) is 23.7. The quantitative estimate of drug-likeness (QED) is 0.208. The van der Waals surface area contributed by atoms with Gasteiger partial charge in [0.15, 0.2) is 11.5 Å². The summed E-state index contributed by atoms with van der Waals surface area (Å²) in [5.41, 5.74) is 0.531. The Hall–Kier alpha value is -3.57. The van der Waals surface area contributed by atoms with Crippen molar-refractivity contribution in [2.24, 2.45) is 0 Å². The topological polar surface area (TPSA) is 136 Å². The number of halogens is 1. The lowest BCUT2D eigenvalue weighted by atomic mass is 10.1. The third-order valence-corrected chi connectivity index (χ3v) is 5.27. The molecule has 0 bridgehead atoms. The van der Waals surface area contributed by atoms with Crippen LogP contribution in [0.4, 0.5) is 5.69 Å². The predicted octanol–water partition coefficient (Wildman–Crippen LogP) is 3.02. The number of hydrogen-bond acceptors (Lipinski definition) is 8. The molecule has 0 fully saturated rings. The van der Waals surface area contributed by atoms with Crippen LogP contribution in [-0.2, 0) is 0 Å². The van der Waals surface area contributed by atoms with E-state index in [1.165, 1.54) is 28.8 Å². The van der Waals surface area contributed by atoms with Gasteiger partial charge in [-0.3, -0.25) is 24.7 Å². The molecule has 12 heteroatoms. The van der Waals surface area contributed by atoms with E-state index in [2.05, 4.69) is 20.3 Å². The largest absolute Gasteiger partial charge is 0.293 e. The molecule has 0 atom stereocenters. The van der Waals surface area contributed by atoms with Gasteiger partial charge in [0.2, 0.25) is 5.16 Å². The molecule has 1 N–H and O–H groups in total. The first-order chi connectivity index (χ1) is 14.4. The zero-order chi connectivity index (χ0) is 21.3. The van der Waals surface area contributed by atoms with Gasteiger partial charge in [-0.05, 0) is 24.3 Å². The maximum absolute atomic E-state index is 12.4. The number of non-ortho nitro benzene ring substituents is 1. The van der Waals surface area contributed by atoms with Gasteiger partial charge in [-0.1, -0.05) is 35.5 Å². The number of nitro benzene ring substituents is 1. The zero-order valence-corrected chi connectivity index (χ0v) is 16.6. The van der Waals surface area contributed by atoms with E-state index in [4.69, 9.17) is 11.6 Å².